The summed E-state index contributed by atoms with van der Waals surface area (Å²) in [7, 11) is 3.45. The number of carbonyl (C=O) groups excluding carboxylic acids is 2. The largest absolute Gasteiger partial charge is 0.480 e. The third kappa shape index (κ3) is 7.17. The molecule has 0 spiro atoms. The number of carboxylic acid groups (broad SMARTS) is 1. The second-order valence-corrected chi connectivity index (χ2v) is 5.76. The van der Waals surface area contributed by atoms with Crippen LogP contribution in [0.5, 0.6) is 0 Å². The number of rotatable bonds is 9. The Labute approximate surface area is 147 Å². The van der Waals surface area contributed by atoms with Gasteiger partial charge >= 0.3 is 5.97 Å². The summed E-state index contributed by atoms with van der Waals surface area (Å²) in [6.45, 7) is -0.674. The number of hydrogen-bond acceptors (Lipinski definition) is 4. The van der Waals surface area contributed by atoms with Gasteiger partial charge < -0.3 is 20.4 Å². The lowest BCUT2D eigenvalue weighted by Crippen LogP contribution is -2.43. The average molecular weight is 348 g/mol. The van der Waals surface area contributed by atoms with Gasteiger partial charge in [-0.2, -0.15) is 0 Å². The number of allylic oxidation sites excluding steroid dienone is 1. The molecule has 0 fully saturated rings. The molecule has 1 rings (SSSR count). The second-order valence-electron chi connectivity index (χ2n) is 5.76. The minimum atomic E-state index is -1.33. The summed E-state index contributed by atoms with van der Waals surface area (Å²) in [6.07, 6.45) is 5.73. The van der Waals surface area contributed by atoms with Gasteiger partial charge in [-0.25, -0.2) is 4.79 Å². The molecule has 0 radical (unpaired) electrons. The number of nitrogens with one attached hydrogen (secondary N) is 1. The van der Waals surface area contributed by atoms with Crippen LogP contribution in [0.15, 0.2) is 30.3 Å². The summed E-state index contributed by atoms with van der Waals surface area (Å²) >= 11 is 0. The van der Waals surface area contributed by atoms with Crippen molar-refractivity contribution >= 4 is 23.9 Å². The van der Waals surface area contributed by atoms with Crippen molar-refractivity contribution < 1.29 is 24.6 Å². The summed E-state index contributed by atoms with van der Waals surface area (Å²) in [4.78, 5) is 35.9. The number of hydrogen-bond donors (Lipinski definition) is 3. The van der Waals surface area contributed by atoms with Crippen LogP contribution in [0.3, 0.4) is 0 Å². The van der Waals surface area contributed by atoms with Crippen LogP contribution in [-0.4, -0.2) is 59.6 Å². The number of carbonyl (C=O) groups is 3. The summed E-state index contributed by atoms with van der Waals surface area (Å²) < 4.78 is 0. The molecular formula is C18H24N2O5. The van der Waals surface area contributed by atoms with Crippen LogP contribution in [0.2, 0.25) is 0 Å². The van der Waals surface area contributed by atoms with Crippen LogP contribution in [0, 0.1) is 0 Å². The van der Waals surface area contributed by atoms with Gasteiger partial charge in [0.2, 0.25) is 5.91 Å². The molecule has 0 saturated heterocycles. The average Bonchev–Trinajstić information content (AvgIpc) is 2.58. The number of unbranched alkanes of at least 4 members (excludes halogenated alkanes) is 1. The van der Waals surface area contributed by atoms with Gasteiger partial charge in [-0.3, -0.25) is 9.59 Å². The molecule has 0 bridgehead atoms. The molecule has 1 atom stereocenters. The molecule has 1 aromatic carbocycles. The standard InChI is InChI=1S/C18H24N2O5/c1-20(2)16(22)10-5-3-4-7-13-8-6-9-14(11-13)17(23)19-15(12-21)18(24)25/h4,6-9,11,15,21H,3,5,10,12H2,1-2H3,(H,19,23)(H,24,25). The van der Waals surface area contributed by atoms with Crippen LogP contribution in [-0.2, 0) is 9.59 Å². The minimum Gasteiger partial charge on any atom is -0.480 e. The molecule has 0 saturated carbocycles. The van der Waals surface area contributed by atoms with E-state index in [1.54, 1.807) is 37.2 Å². The molecule has 0 aliphatic heterocycles. The predicted molar refractivity (Wildman–Crippen MR) is 94.0 cm³/mol. The van der Waals surface area contributed by atoms with Gasteiger partial charge in [0.1, 0.15) is 0 Å². The lowest BCUT2D eigenvalue weighted by atomic mass is 10.1. The number of aliphatic hydroxyl groups is 1. The first kappa shape index (κ1) is 20.4. The first-order valence-corrected chi connectivity index (χ1v) is 7.96. The molecule has 0 aliphatic carbocycles. The summed E-state index contributed by atoms with van der Waals surface area (Å²) in [5.41, 5.74) is 1.10. The van der Waals surface area contributed by atoms with E-state index < -0.39 is 24.5 Å². The SMILES string of the molecule is CN(C)C(=O)CCCC=Cc1cccc(C(=O)NC(CO)C(=O)O)c1. The highest BCUT2D eigenvalue weighted by Crippen LogP contribution is 2.09. The molecule has 25 heavy (non-hydrogen) atoms. The Morgan fingerprint density at radius 1 is 1.28 bits per heavy atom. The number of amides is 2. The zero-order chi connectivity index (χ0) is 18.8. The normalized spacial score (nSPS) is 12.0. The molecule has 1 aromatic rings. The van der Waals surface area contributed by atoms with Gasteiger partial charge in [0.05, 0.1) is 6.61 Å². The van der Waals surface area contributed by atoms with Gasteiger partial charge in [0.25, 0.3) is 5.91 Å². The van der Waals surface area contributed by atoms with Crippen molar-refractivity contribution in [1.29, 1.82) is 0 Å². The molecule has 2 amide bonds. The van der Waals surface area contributed by atoms with E-state index in [4.69, 9.17) is 10.2 Å². The van der Waals surface area contributed by atoms with Crippen molar-refractivity contribution in [1.82, 2.24) is 10.2 Å². The number of aliphatic carboxylic acids is 1. The zero-order valence-corrected chi connectivity index (χ0v) is 14.4. The fourth-order valence-corrected chi connectivity index (χ4v) is 2.02. The van der Waals surface area contributed by atoms with E-state index in [0.717, 1.165) is 18.4 Å². The molecule has 1 unspecified atom stereocenters. The minimum absolute atomic E-state index is 0.0870. The molecule has 7 nitrogen and oxygen atoms in total. The van der Waals surface area contributed by atoms with Gasteiger partial charge in [-0.15, -0.1) is 0 Å². The predicted octanol–water partition coefficient (Wildman–Crippen LogP) is 1.13. The fraction of sp³-hybridized carbons (Fsp3) is 0.389. The van der Waals surface area contributed by atoms with Gasteiger partial charge in [0.15, 0.2) is 6.04 Å². The van der Waals surface area contributed by atoms with E-state index >= 15 is 0 Å². The third-order valence-electron chi connectivity index (χ3n) is 3.51. The van der Waals surface area contributed by atoms with Crippen LogP contribution in [0.25, 0.3) is 6.08 Å². The highest BCUT2D eigenvalue weighted by molar-refractivity contribution is 5.97. The summed E-state index contributed by atoms with van der Waals surface area (Å²) in [5, 5.41) is 20.1. The van der Waals surface area contributed by atoms with Gasteiger partial charge in [0, 0.05) is 26.1 Å². The fourth-order valence-electron chi connectivity index (χ4n) is 2.02. The number of carboxylic acids is 1. The van der Waals surface area contributed by atoms with E-state index in [2.05, 4.69) is 5.32 Å². The van der Waals surface area contributed by atoms with Crippen LogP contribution < -0.4 is 5.32 Å². The van der Waals surface area contributed by atoms with Gasteiger partial charge in [-0.05, 0) is 30.5 Å². The first-order chi connectivity index (χ1) is 11.8. The Balaban J connectivity index is 2.59. The van der Waals surface area contributed by atoms with Crippen molar-refractivity contribution in [3.8, 4) is 0 Å². The van der Waals surface area contributed by atoms with Crippen molar-refractivity contribution in [3.63, 3.8) is 0 Å². The molecule has 136 valence electrons. The van der Waals surface area contributed by atoms with Crippen molar-refractivity contribution in [2.24, 2.45) is 0 Å². The van der Waals surface area contributed by atoms with E-state index in [1.165, 1.54) is 0 Å². The zero-order valence-electron chi connectivity index (χ0n) is 14.4. The molecule has 0 aromatic heterocycles. The Hall–Kier alpha value is -2.67. The maximum absolute atomic E-state index is 12.0. The highest BCUT2D eigenvalue weighted by atomic mass is 16.4. The second kappa shape index (κ2) is 10.2. The number of nitrogens with zero attached hydrogens (tertiary/aromatic N) is 1. The monoisotopic (exact) mass is 348 g/mol. The Morgan fingerprint density at radius 3 is 2.60 bits per heavy atom. The summed E-state index contributed by atoms with van der Waals surface area (Å²) in [6, 6.07) is 5.38. The van der Waals surface area contributed by atoms with Crippen molar-refractivity contribution in [2.45, 2.75) is 25.3 Å². The lowest BCUT2D eigenvalue weighted by Gasteiger charge is -2.11. The van der Waals surface area contributed by atoms with Crippen LogP contribution in [0.4, 0.5) is 0 Å². The topological polar surface area (TPSA) is 107 Å². The van der Waals surface area contributed by atoms with Gasteiger partial charge in [-0.1, -0.05) is 24.3 Å². The molecule has 0 heterocycles. The maximum atomic E-state index is 12.0. The van der Waals surface area contributed by atoms with Crippen LogP contribution in [0.1, 0.15) is 35.2 Å². The number of aliphatic hydroxyl groups excluding tert-OH is 1. The van der Waals surface area contributed by atoms with E-state index in [-0.39, 0.29) is 5.91 Å². The smallest absolute Gasteiger partial charge is 0.328 e. The Morgan fingerprint density at radius 2 is 2.00 bits per heavy atom. The lowest BCUT2D eigenvalue weighted by molar-refractivity contribution is -0.140. The van der Waals surface area contributed by atoms with E-state index in [1.807, 2.05) is 18.2 Å². The third-order valence-corrected chi connectivity index (χ3v) is 3.51. The maximum Gasteiger partial charge on any atom is 0.328 e. The van der Waals surface area contributed by atoms with Crippen molar-refractivity contribution in [3.05, 3.63) is 41.5 Å². The summed E-state index contributed by atoms with van der Waals surface area (Å²) in [5.74, 6) is -1.77. The molecule has 7 heteroatoms. The highest BCUT2D eigenvalue weighted by Gasteiger charge is 2.19. The Bertz CT molecular complexity index is 640. The van der Waals surface area contributed by atoms with Crippen molar-refractivity contribution in [2.75, 3.05) is 20.7 Å². The Kier molecular flexibility index (Phi) is 8.35. The number of benzene rings is 1. The molecule has 0 aliphatic rings. The van der Waals surface area contributed by atoms with Crippen LogP contribution >= 0.6 is 0 Å². The van der Waals surface area contributed by atoms with E-state index in [0.29, 0.717) is 12.0 Å². The molecular weight excluding hydrogens is 324 g/mol. The first-order valence-electron chi connectivity index (χ1n) is 7.96. The quantitative estimate of drug-likeness (QED) is 0.580. The molecule has 3 N–H and O–H groups in total. The van der Waals surface area contributed by atoms with E-state index in [9.17, 15) is 14.4 Å².